The van der Waals surface area contributed by atoms with Crippen LogP contribution in [-0.4, -0.2) is 4.98 Å². The third-order valence-electron chi connectivity index (χ3n) is 1.38. The highest BCUT2D eigenvalue weighted by atomic mass is 14.7. The molecule has 4 N–H and O–H groups in total. The number of hydrogen-bond donors (Lipinski definition) is 2. The topological polar surface area (TPSA) is 64.9 Å². The lowest BCUT2D eigenvalue weighted by molar-refractivity contribution is 0.815. The minimum atomic E-state index is -0.0336. The largest absolute Gasteiger partial charge is 0.398 e. The standard InChI is InChI=1S/C7H11N3/c1-5(8)6-4-10-3-2-7(6)9/h2-5H,8H2,1H3,(H2,9,10). The highest BCUT2D eigenvalue weighted by Gasteiger charge is 2.01. The SMILES string of the molecule is CC(N)c1cnccc1N. The van der Waals surface area contributed by atoms with Crippen LogP contribution in [0, 0.1) is 0 Å². The molecule has 1 aromatic heterocycles. The fourth-order valence-corrected chi connectivity index (χ4v) is 0.798. The van der Waals surface area contributed by atoms with E-state index in [1.54, 1.807) is 18.5 Å². The van der Waals surface area contributed by atoms with Crippen LogP contribution in [0.15, 0.2) is 18.5 Å². The predicted molar refractivity (Wildman–Crippen MR) is 41.3 cm³/mol. The molecule has 10 heavy (non-hydrogen) atoms. The number of rotatable bonds is 1. The molecular formula is C7H11N3. The average molecular weight is 137 g/mol. The summed E-state index contributed by atoms with van der Waals surface area (Å²) in [5.74, 6) is 0. The molecule has 1 unspecified atom stereocenters. The Morgan fingerprint density at radius 1 is 1.60 bits per heavy atom. The number of aromatic nitrogens is 1. The summed E-state index contributed by atoms with van der Waals surface area (Å²) in [5.41, 5.74) is 12.8. The zero-order chi connectivity index (χ0) is 7.56. The Morgan fingerprint density at radius 3 is 2.70 bits per heavy atom. The first-order valence-corrected chi connectivity index (χ1v) is 3.17. The number of hydrogen-bond acceptors (Lipinski definition) is 3. The van der Waals surface area contributed by atoms with E-state index in [2.05, 4.69) is 4.98 Å². The van der Waals surface area contributed by atoms with Crippen LogP contribution in [0.4, 0.5) is 5.69 Å². The molecule has 0 spiro atoms. The van der Waals surface area contributed by atoms with Crippen molar-refractivity contribution in [2.75, 3.05) is 5.73 Å². The van der Waals surface area contributed by atoms with E-state index in [0.29, 0.717) is 5.69 Å². The van der Waals surface area contributed by atoms with Gasteiger partial charge in [-0.25, -0.2) is 0 Å². The highest BCUT2D eigenvalue weighted by Crippen LogP contribution is 2.14. The lowest BCUT2D eigenvalue weighted by Crippen LogP contribution is -2.08. The van der Waals surface area contributed by atoms with Gasteiger partial charge >= 0.3 is 0 Å². The van der Waals surface area contributed by atoms with Crippen LogP contribution < -0.4 is 11.5 Å². The maximum Gasteiger partial charge on any atom is 0.0393 e. The van der Waals surface area contributed by atoms with Crippen molar-refractivity contribution >= 4 is 5.69 Å². The summed E-state index contributed by atoms with van der Waals surface area (Å²) in [6.45, 7) is 1.88. The number of nitrogen functional groups attached to an aromatic ring is 1. The minimum absolute atomic E-state index is 0.0336. The first kappa shape index (κ1) is 7.02. The summed E-state index contributed by atoms with van der Waals surface area (Å²) in [7, 11) is 0. The Labute approximate surface area is 60.1 Å². The Morgan fingerprint density at radius 2 is 2.30 bits per heavy atom. The van der Waals surface area contributed by atoms with Gasteiger partial charge in [0.1, 0.15) is 0 Å². The second-order valence-electron chi connectivity index (χ2n) is 2.29. The number of nitrogens with two attached hydrogens (primary N) is 2. The van der Waals surface area contributed by atoms with Crippen molar-refractivity contribution in [3.63, 3.8) is 0 Å². The number of nitrogens with zero attached hydrogens (tertiary/aromatic N) is 1. The van der Waals surface area contributed by atoms with Gasteiger partial charge in [0.2, 0.25) is 0 Å². The molecule has 3 heteroatoms. The predicted octanol–water partition coefficient (Wildman–Crippen LogP) is 0.684. The maximum atomic E-state index is 5.60. The van der Waals surface area contributed by atoms with Gasteiger partial charge in [-0.2, -0.15) is 0 Å². The van der Waals surface area contributed by atoms with E-state index in [-0.39, 0.29) is 6.04 Å². The van der Waals surface area contributed by atoms with Crippen molar-refractivity contribution in [3.05, 3.63) is 24.0 Å². The molecule has 0 saturated carbocycles. The van der Waals surface area contributed by atoms with Gasteiger partial charge in [-0.15, -0.1) is 0 Å². The lowest BCUT2D eigenvalue weighted by Gasteiger charge is -2.06. The highest BCUT2D eigenvalue weighted by molar-refractivity contribution is 5.45. The van der Waals surface area contributed by atoms with Gasteiger partial charge in [-0.1, -0.05) is 0 Å². The van der Waals surface area contributed by atoms with Crippen molar-refractivity contribution in [2.45, 2.75) is 13.0 Å². The van der Waals surface area contributed by atoms with Crippen molar-refractivity contribution in [1.82, 2.24) is 4.98 Å². The van der Waals surface area contributed by atoms with E-state index >= 15 is 0 Å². The van der Waals surface area contributed by atoms with Gasteiger partial charge in [0.05, 0.1) is 0 Å². The van der Waals surface area contributed by atoms with Gasteiger partial charge in [0.25, 0.3) is 0 Å². The lowest BCUT2D eigenvalue weighted by atomic mass is 10.1. The third kappa shape index (κ3) is 1.25. The molecule has 1 heterocycles. The van der Waals surface area contributed by atoms with E-state index in [9.17, 15) is 0 Å². The molecule has 0 radical (unpaired) electrons. The monoisotopic (exact) mass is 137 g/mol. The Bertz CT molecular complexity index is 220. The summed E-state index contributed by atoms with van der Waals surface area (Å²) in [6.07, 6.45) is 3.35. The Kier molecular flexibility index (Phi) is 1.87. The molecule has 0 bridgehead atoms. The Hall–Kier alpha value is -1.09. The fraction of sp³-hybridized carbons (Fsp3) is 0.286. The van der Waals surface area contributed by atoms with Crippen LogP contribution in [0.25, 0.3) is 0 Å². The molecule has 54 valence electrons. The summed E-state index contributed by atoms with van der Waals surface area (Å²) < 4.78 is 0. The molecular weight excluding hydrogens is 126 g/mol. The van der Waals surface area contributed by atoms with E-state index in [4.69, 9.17) is 11.5 Å². The fourth-order valence-electron chi connectivity index (χ4n) is 0.798. The summed E-state index contributed by atoms with van der Waals surface area (Å²) >= 11 is 0. The van der Waals surface area contributed by atoms with Crippen LogP contribution in [-0.2, 0) is 0 Å². The van der Waals surface area contributed by atoms with Crippen LogP contribution in [0.1, 0.15) is 18.5 Å². The van der Waals surface area contributed by atoms with Crippen LogP contribution in [0.3, 0.4) is 0 Å². The summed E-state index contributed by atoms with van der Waals surface area (Å²) in [4.78, 5) is 3.91. The van der Waals surface area contributed by atoms with Crippen molar-refractivity contribution in [3.8, 4) is 0 Å². The van der Waals surface area contributed by atoms with E-state index in [1.807, 2.05) is 6.92 Å². The summed E-state index contributed by atoms with van der Waals surface area (Å²) in [5, 5.41) is 0. The molecule has 0 aliphatic rings. The average Bonchev–Trinajstić information content (AvgIpc) is 1.88. The quantitative estimate of drug-likeness (QED) is 0.598. The van der Waals surface area contributed by atoms with E-state index < -0.39 is 0 Å². The van der Waals surface area contributed by atoms with Gasteiger partial charge in [0, 0.05) is 29.7 Å². The molecule has 1 atom stereocenters. The zero-order valence-corrected chi connectivity index (χ0v) is 5.91. The first-order valence-electron chi connectivity index (χ1n) is 3.17. The second kappa shape index (κ2) is 2.66. The second-order valence-corrected chi connectivity index (χ2v) is 2.29. The van der Waals surface area contributed by atoms with Crippen molar-refractivity contribution in [2.24, 2.45) is 5.73 Å². The molecule has 0 aliphatic heterocycles. The smallest absolute Gasteiger partial charge is 0.0393 e. The first-order chi connectivity index (χ1) is 4.72. The molecule has 0 aliphatic carbocycles. The van der Waals surface area contributed by atoms with Crippen LogP contribution in [0.2, 0.25) is 0 Å². The van der Waals surface area contributed by atoms with Gasteiger partial charge in [0.15, 0.2) is 0 Å². The van der Waals surface area contributed by atoms with Gasteiger partial charge in [-0.05, 0) is 13.0 Å². The third-order valence-corrected chi connectivity index (χ3v) is 1.38. The van der Waals surface area contributed by atoms with E-state index in [0.717, 1.165) is 5.56 Å². The molecule has 3 nitrogen and oxygen atoms in total. The molecule has 0 amide bonds. The molecule has 1 rings (SSSR count). The van der Waals surface area contributed by atoms with Crippen LogP contribution in [0.5, 0.6) is 0 Å². The van der Waals surface area contributed by atoms with Gasteiger partial charge in [-0.3, -0.25) is 4.98 Å². The summed E-state index contributed by atoms with van der Waals surface area (Å²) in [6, 6.07) is 1.72. The van der Waals surface area contributed by atoms with Crippen LogP contribution >= 0.6 is 0 Å². The number of pyridine rings is 1. The van der Waals surface area contributed by atoms with Crippen molar-refractivity contribution < 1.29 is 0 Å². The Balaban J connectivity index is 3.03. The molecule has 1 aromatic rings. The minimum Gasteiger partial charge on any atom is -0.398 e. The van der Waals surface area contributed by atoms with Crippen molar-refractivity contribution in [1.29, 1.82) is 0 Å². The molecule has 0 aromatic carbocycles. The van der Waals surface area contributed by atoms with E-state index in [1.165, 1.54) is 0 Å². The molecule has 0 saturated heterocycles. The normalized spacial score (nSPS) is 13.0. The van der Waals surface area contributed by atoms with Gasteiger partial charge < -0.3 is 11.5 Å². The number of anilines is 1. The maximum absolute atomic E-state index is 5.60. The molecule has 0 fully saturated rings. The zero-order valence-electron chi connectivity index (χ0n) is 5.91.